The van der Waals surface area contributed by atoms with Gasteiger partial charge in [0.2, 0.25) is 0 Å². The number of hydrogen-bond acceptors (Lipinski definition) is 2. The van der Waals surface area contributed by atoms with Crippen LogP contribution in [0, 0.1) is 13.8 Å². The summed E-state index contributed by atoms with van der Waals surface area (Å²) in [7, 11) is 2.23. The summed E-state index contributed by atoms with van der Waals surface area (Å²) in [6.07, 6.45) is 0. The Morgan fingerprint density at radius 1 is 0.471 bits per heavy atom. The topological polar surface area (TPSA) is 11.4 Å². The molecule has 0 fully saturated rings. The molecule has 10 rings (SSSR count). The lowest BCUT2D eigenvalue weighted by molar-refractivity contribution is 1.04. The van der Waals surface area contributed by atoms with Crippen molar-refractivity contribution in [2.75, 3.05) is 16.8 Å². The molecule has 3 nitrogen and oxygen atoms in total. The van der Waals surface area contributed by atoms with E-state index in [1.165, 1.54) is 77.9 Å². The Labute approximate surface area is 299 Å². The molecular weight excluding hydrogens is 617 g/mol. The van der Waals surface area contributed by atoms with Crippen LogP contribution in [0.2, 0.25) is 0 Å². The normalized spacial score (nSPS) is 12.5. The molecular formula is C47H36BN3. The molecule has 0 N–H and O–H groups in total. The second-order valence-electron chi connectivity index (χ2n) is 13.9. The first kappa shape index (κ1) is 29.6. The van der Waals surface area contributed by atoms with Gasteiger partial charge < -0.3 is 14.4 Å². The van der Waals surface area contributed by atoms with Crippen molar-refractivity contribution in [1.29, 1.82) is 0 Å². The maximum Gasteiger partial charge on any atom is 0.252 e. The average Bonchev–Trinajstić information content (AvgIpc) is 3.45. The molecule has 0 aliphatic carbocycles. The molecule has 0 unspecified atom stereocenters. The maximum absolute atomic E-state index is 2.50. The summed E-state index contributed by atoms with van der Waals surface area (Å²) >= 11 is 0. The predicted molar refractivity (Wildman–Crippen MR) is 217 cm³/mol. The van der Waals surface area contributed by atoms with Gasteiger partial charge in [0, 0.05) is 57.8 Å². The van der Waals surface area contributed by atoms with Gasteiger partial charge in [0.15, 0.2) is 0 Å². The summed E-state index contributed by atoms with van der Waals surface area (Å²) in [5.41, 5.74) is 20.2. The number of fused-ring (bicyclic) bond motifs is 4. The number of aryl methyl sites for hydroxylation is 1. The van der Waals surface area contributed by atoms with Crippen molar-refractivity contribution < 1.29 is 0 Å². The van der Waals surface area contributed by atoms with Gasteiger partial charge in [-0.05, 0) is 107 Å². The van der Waals surface area contributed by atoms with E-state index >= 15 is 0 Å². The molecule has 0 bridgehead atoms. The first-order chi connectivity index (χ1) is 25.1. The van der Waals surface area contributed by atoms with E-state index in [0.717, 1.165) is 17.1 Å². The average molecular weight is 654 g/mol. The van der Waals surface area contributed by atoms with Gasteiger partial charge in [0.05, 0.1) is 0 Å². The van der Waals surface area contributed by atoms with E-state index in [1.807, 2.05) is 0 Å². The Morgan fingerprint density at radius 3 is 1.65 bits per heavy atom. The molecule has 7 aromatic carbocycles. The van der Waals surface area contributed by atoms with E-state index in [1.54, 1.807) is 0 Å². The van der Waals surface area contributed by atoms with E-state index in [9.17, 15) is 0 Å². The van der Waals surface area contributed by atoms with Crippen LogP contribution in [-0.2, 0) is 0 Å². The summed E-state index contributed by atoms with van der Waals surface area (Å²) in [6, 6.07) is 59.9. The van der Waals surface area contributed by atoms with Crippen molar-refractivity contribution in [3.8, 4) is 27.9 Å². The smallest absolute Gasteiger partial charge is 0.252 e. The largest absolute Gasteiger partial charge is 0.345 e. The van der Waals surface area contributed by atoms with Crippen LogP contribution in [0.15, 0.2) is 164 Å². The number of rotatable bonds is 5. The minimum absolute atomic E-state index is 0.158. The molecule has 2 aliphatic rings. The molecule has 4 heteroatoms. The lowest BCUT2D eigenvalue weighted by Crippen LogP contribution is -2.60. The highest BCUT2D eigenvalue weighted by molar-refractivity contribution is 7.00. The third-order valence-electron chi connectivity index (χ3n) is 11.2. The van der Waals surface area contributed by atoms with E-state index < -0.39 is 0 Å². The number of nitrogens with zero attached hydrogens (tertiary/aromatic N) is 3. The molecule has 0 saturated heterocycles. The van der Waals surface area contributed by atoms with Gasteiger partial charge in [-0.2, -0.15) is 0 Å². The second kappa shape index (κ2) is 11.4. The summed E-state index contributed by atoms with van der Waals surface area (Å²) in [6.45, 7) is 4.69. The molecule has 1 aromatic heterocycles. The Bertz CT molecular complexity index is 2520. The summed E-state index contributed by atoms with van der Waals surface area (Å²) in [5, 5.41) is 1.35. The van der Waals surface area contributed by atoms with Crippen LogP contribution in [0.1, 0.15) is 11.3 Å². The number of hydrogen-bond donors (Lipinski definition) is 0. The molecule has 0 atom stereocenters. The fraction of sp³-hybridized carbons (Fsp3) is 0.0638. The predicted octanol–water partition coefficient (Wildman–Crippen LogP) is 9.96. The Morgan fingerprint density at radius 2 is 1.02 bits per heavy atom. The van der Waals surface area contributed by atoms with Gasteiger partial charge in [-0.3, -0.25) is 0 Å². The zero-order valence-corrected chi connectivity index (χ0v) is 29.0. The molecule has 0 spiro atoms. The van der Waals surface area contributed by atoms with Crippen LogP contribution >= 0.6 is 0 Å². The fourth-order valence-corrected chi connectivity index (χ4v) is 8.63. The van der Waals surface area contributed by atoms with Gasteiger partial charge in [0.1, 0.15) is 0 Å². The van der Waals surface area contributed by atoms with Crippen LogP contribution < -0.4 is 26.2 Å². The first-order valence-electron chi connectivity index (χ1n) is 17.8. The Kier molecular flexibility index (Phi) is 6.62. The quantitative estimate of drug-likeness (QED) is 0.171. The minimum Gasteiger partial charge on any atom is -0.345 e. The summed E-state index contributed by atoms with van der Waals surface area (Å²) in [5.74, 6) is 0. The highest BCUT2D eigenvalue weighted by atomic mass is 15.2. The standard InChI is InChI=1S/C47H36BN3/c1-31-32(2)50-44-19-11-18-43-46(44)48(42-17-10-16-40(31)47(42)50)41-29-28-39(30-45(41)49(43)3)51(37-24-20-35(21-25-37)33-12-6-4-7-13-33)38-26-22-36(23-27-38)34-14-8-5-9-15-34/h4-30H,1-3H3. The SMILES string of the molecule is Cc1c(C)n2c3c(cccc13)B1c3ccc(N(c4ccc(-c5ccccc5)cc4)c4ccc(-c5ccccc5)cc4)cc3N(C)c3cccc-2c31. The third-order valence-corrected chi connectivity index (χ3v) is 11.2. The highest BCUT2D eigenvalue weighted by Gasteiger charge is 2.40. The van der Waals surface area contributed by atoms with Gasteiger partial charge in [-0.15, -0.1) is 0 Å². The number of para-hydroxylation sites is 1. The van der Waals surface area contributed by atoms with Crippen molar-refractivity contribution in [2.45, 2.75) is 13.8 Å². The lowest BCUT2D eigenvalue weighted by Gasteiger charge is -2.39. The van der Waals surface area contributed by atoms with Crippen LogP contribution in [0.5, 0.6) is 0 Å². The monoisotopic (exact) mass is 653 g/mol. The third kappa shape index (κ3) is 4.46. The molecule has 8 aromatic rings. The number of aromatic nitrogens is 1. The van der Waals surface area contributed by atoms with E-state index in [4.69, 9.17) is 0 Å². The van der Waals surface area contributed by atoms with Crippen molar-refractivity contribution in [1.82, 2.24) is 4.57 Å². The Balaban J connectivity index is 1.14. The molecule has 0 radical (unpaired) electrons. The second-order valence-corrected chi connectivity index (χ2v) is 13.9. The van der Waals surface area contributed by atoms with Crippen LogP contribution in [0.4, 0.5) is 28.4 Å². The fourth-order valence-electron chi connectivity index (χ4n) is 8.63. The van der Waals surface area contributed by atoms with Crippen LogP contribution in [0.3, 0.4) is 0 Å². The molecule has 2 aliphatic heterocycles. The van der Waals surface area contributed by atoms with Crippen molar-refractivity contribution in [2.24, 2.45) is 0 Å². The summed E-state index contributed by atoms with van der Waals surface area (Å²) < 4.78 is 2.50. The van der Waals surface area contributed by atoms with Crippen LogP contribution in [0.25, 0.3) is 38.8 Å². The maximum atomic E-state index is 2.50. The minimum atomic E-state index is 0.158. The van der Waals surface area contributed by atoms with Crippen molar-refractivity contribution in [3.05, 3.63) is 175 Å². The lowest BCUT2D eigenvalue weighted by atomic mass is 9.34. The van der Waals surface area contributed by atoms with Gasteiger partial charge in [-0.1, -0.05) is 115 Å². The number of anilines is 5. The van der Waals surface area contributed by atoms with E-state index in [2.05, 4.69) is 199 Å². The van der Waals surface area contributed by atoms with E-state index in [0.29, 0.717) is 0 Å². The molecule has 242 valence electrons. The molecule has 51 heavy (non-hydrogen) atoms. The van der Waals surface area contributed by atoms with Gasteiger partial charge >= 0.3 is 0 Å². The van der Waals surface area contributed by atoms with Gasteiger partial charge in [0.25, 0.3) is 6.71 Å². The number of benzene rings is 7. The van der Waals surface area contributed by atoms with Gasteiger partial charge in [-0.25, -0.2) is 0 Å². The van der Waals surface area contributed by atoms with Crippen LogP contribution in [-0.4, -0.2) is 18.3 Å². The Hall–Kier alpha value is -6.26. The highest BCUT2D eigenvalue weighted by Crippen LogP contribution is 2.41. The van der Waals surface area contributed by atoms with Crippen molar-refractivity contribution in [3.63, 3.8) is 0 Å². The summed E-state index contributed by atoms with van der Waals surface area (Å²) in [4.78, 5) is 4.79. The first-order valence-corrected chi connectivity index (χ1v) is 17.8. The molecule has 0 amide bonds. The molecule has 3 heterocycles. The van der Waals surface area contributed by atoms with Crippen molar-refractivity contribution >= 4 is 62.4 Å². The zero-order chi connectivity index (χ0) is 34.2. The zero-order valence-electron chi connectivity index (χ0n) is 29.0. The van der Waals surface area contributed by atoms with E-state index in [-0.39, 0.29) is 6.71 Å². The molecule has 0 saturated carbocycles.